The van der Waals surface area contributed by atoms with E-state index in [2.05, 4.69) is 11.6 Å². The van der Waals surface area contributed by atoms with Crippen molar-refractivity contribution in [1.82, 2.24) is 5.32 Å². The number of hydrogen-bond acceptors (Lipinski definition) is 3. The lowest BCUT2D eigenvalue weighted by atomic mass is 9.93. The summed E-state index contributed by atoms with van der Waals surface area (Å²) < 4.78 is 0. The predicted molar refractivity (Wildman–Crippen MR) is 72.9 cm³/mol. The van der Waals surface area contributed by atoms with Gasteiger partial charge in [-0.25, -0.2) is 0 Å². The zero-order valence-electron chi connectivity index (χ0n) is 10.5. The quantitative estimate of drug-likeness (QED) is 0.795. The van der Waals surface area contributed by atoms with E-state index in [0.717, 1.165) is 29.8 Å². The second-order valence-corrected chi connectivity index (χ2v) is 6.55. The van der Waals surface area contributed by atoms with Crippen LogP contribution in [-0.2, 0) is 0 Å². The molecule has 2 fully saturated rings. The molecule has 0 aromatic rings. The summed E-state index contributed by atoms with van der Waals surface area (Å²) in [6, 6.07) is 1.50. The topological polar surface area (TPSA) is 38.0 Å². The van der Waals surface area contributed by atoms with Gasteiger partial charge in [0.25, 0.3) is 0 Å². The maximum absolute atomic E-state index is 5.83. The molecule has 0 heterocycles. The van der Waals surface area contributed by atoms with Gasteiger partial charge in [0.2, 0.25) is 0 Å². The maximum Gasteiger partial charge on any atom is 0.0110 e. The van der Waals surface area contributed by atoms with Crippen LogP contribution < -0.4 is 11.1 Å². The lowest BCUT2D eigenvalue weighted by Crippen LogP contribution is -2.44. The van der Waals surface area contributed by atoms with E-state index in [1.165, 1.54) is 44.9 Å². The van der Waals surface area contributed by atoms with Crippen molar-refractivity contribution in [2.45, 2.75) is 62.3 Å². The molecule has 2 atom stereocenters. The van der Waals surface area contributed by atoms with Crippen LogP contribution in [0.15, 0.2) is 0 Å². The molecule has 0 amide bonds. The summed E-state index contributed by atoms with van der Waals surface area (Å²) in [5.41, 5.74) is 5.83. The first-order valence-electron chi connectivity index (χ1n) is 6.82. The van der Waals surface area contributed by atoms with Crippen LogP contribution in [0.4, 0.5) is 0 Å². The third-order valence-electron chi connectivity index (χ3n) is 4.42. The zero-order chi connectivity index (χ0) is 11.4. The number of hydrogen-bond donors (Lipinski definition) is 2. The first-order valence-corrected chi connectivity index (χ1v) is 8.11. The minimum atomic E-state index is 0.723. The van der Waals surface area contributed by atoms with Crippen molar-refractivity contribution in [3.05, 3.63) is 0 Å². The van der Waals surface area contributed by atoms with E-state index in [9.17, 15) is 0 Å². The third kappa shape index (κ3) is 3.14. The van der Waals surface area contributed by atoms with Gasteiger partial charge in [0.1, 0.15) is 0 Å². The molecule has 2 aliphatic carbocycles. The monoisotopic (exact) mass is 242 g/mol. The summed E-state index contributed by atoms with van der Waals surface area (Å²) in [6.07, 6.45) is 11.9. The standard InChI is InChI=1S/C13H26N2S/c1-16-12-7-5-11(6-8-12)15-13-4-2-3-10(13)9-14/h10-13,15H,2-9,14H2,1H3. The normalized spacial score (nSPS) is 40.1. The van der Waals surface area contributed by atoms with Crippen molar-refractivity contribution in [2.75, 3.05) is 12.8 Å². The highest BCUT2D eigenvalue weighted by atomic mass is 32.2. The van der Waals surface area contributed by atoms with Crippen molar-refractivity contribution in [3.8, 4) is 0 Å². The Hall–Kier alpha value is 0.270. The summed E-state index contributed by atoms with van der Waals surface area (Å²) in [7, 11) is 0. The minimum Gasteiger partial charge on any atom is -0.330 e. The number of nitrogens with one attached hydrogen (secondary N) is 1. The molecule has 16 heavy (non-hydrogen) atoms. The largest absolute Gasteiger partial charge is 0.330 e. The molecule has 0 bridgehead atoms. The van der Waals surface area contributed by atoms with Gasteiger partial charge in [0.15, 0.2) is 0 Å². The van der Waals surface area contributed by atoms with Gasteiger partial charge in [0, 0.05) is 17.3 Å². The molecule has 2 rings (SSSR count). The minimum absolute atomic E-state index is 0.723. The van der Waals surface area contributed by atoms with E-state index in [0.29, 0.717) is 0 Å². The zero-order valence-corrected chi connectivity index (χ0v) is 11.3. The van der Waals surface area contributed by atoms with Crippen molar-refractivity contribution >= 4 is 11.8 Å². The van der Waals surface area contributed by atoms with Crippen LogP contribution >= 0.6 is 11.8 Å². The fourth-order valence-electron chi connectivity index (χ4n) is 3.31. The maximum atomic E-state index is 5.83. The smallest absolute Gasteiger partial charge is 0.0110 e. The Morgan fingerprint density at radius 2 is 1.88 bits per heavy atom. The Morgan fingerprint density at radius 1 is 1.12 bits per heavy atom. The Kier molecular flexibility index (Phi) is 4.98. The van der Waals surface area contributed by atoms with Crippen LogP contribution in [0.2, 0.25) is 0 Å². The highest BCUT2D eigenvalue weighted by molar-refractivity contribution is 7.99. The van der Waals surface area contributed by atoms with Gasteiger partial charge < -0.3 is 11.1 Å². The van der Waals surface area contributed by atoms with Gasteiger partial charge >= 0.3 is 0 Å². The van der Waals surface area contributed by atoms with Crippen LogP contribution in [0, 0.1) is 5.92 Å². The van der Waals surface area contributed by atoms with E-state index in [1.54, 1.807) is 0 Å². The molecule has 0 radical (unpaired) electrons. The van der Waals surface area contributed by atoms with Gasteiger partial charge in [-0.3, -0.25) is 0 Å². The predicted octanol–water partition coefficient (Wildman–Crippen LogP) is 2.38. The second-order valence-electron chi connectivity index (χ2n) is 5.41. The summed E-state index contributed by atoms with van der Waals surface area (Å²) in [6.45, 7) is 0.873. The van der Waals surface area contributed by atoms with Crippen molar-refractivity contribution in [3.63, 3.8) is 0 Å². The lowest BCUT2D eigenvalue weighted by Gasteiger charge is -2.32. The molecule has 0 aromatic heterocycles. The molecule has 0 spiro atoms. The molecule has 3 N–H and O–H groups in total. The molecule has 2 nitrogen and oxygen atoms in total. The first-order chi connectivity index (χ1) is 7.83. The highest BCUT2D eigenvalue weighted by Gasteiger charge is 2.29. The lowest BCUT2D eigenvalue weighted by molar-refractivity contribution is 0.306. The second kappa shape index (κ2) is 6.27. The van der Waals surface area contributed by atoms with E-state index < -0.39 is 0 Å². The summed E-state index contributed by atoms with van der Waals surface area (Å²) in [4.78, 5) is 0. The van der Waals surface area contributed by atoms with Crippen LogP contribution in [0.25, 0.3) is 0 Å². The summed E-state index contributed by atoms with van der Waals surface area (Å²) in [5, 5.41) is 4.80. The number of rotatable bonds is 4. The van der Waals surface area contributed by atoms with Crippen molar-refractivity contribution in [2.24, 2.45) is 11.7 Å². The Bertz CT molecular complexity index is 202. The van der Waals surface area contributed by atoms with E-state index in [1.807, 2.05) is 11.8 Å². The van der Waals surface area contributed by atoms with E-state index >= 15 is 0 Å². The van der Waals surface area contributed by atoms with Crippen LogP contribution in [0.5, 0.6) is 0 Å². The molecule has 2 aliphatic rings. The van der Waals surface area contributed by atoms with Crippen molar-refractivity contribution in [1.29, 1.82) is 0 Å². The molecule has 0 aliphatic heterocycles. The average Bonchev–Trinajstić information content (AvgIpc) is 2.77. The molecule has 0 aromatic carbocycles. The number of nitrogens with two attached hydrogens (primary N) is 1. The van der Waals surface area contributed by atoms with Gasteiger partial charge in [-0.05, 0) is 57.2 Å². The molecule has 2 unspecified atom stereocenters. The Balaban J connectivity index is 1.73. The van der Waals surface area contributed by atoms with Gasteiger partial charge in [-0.2, -0.15) is 11.8 Å². The molecular weight excluding hydrogens is 216 g/mol. The fourth-order valence-corrected chi connectivity index (χ4v) is 4.05. The molecule has 2 saturated carbocycles. The first kappa shape index (κ1) is 12.7. The molecular formula is C13H26N2S. The van der Waals surface area contributed by atoms with Crippen molar-refractivity contribution < 1.29 is 0 Å². The SMILES string of the molecule is CSC1CCC(NC2CCCC2CN)CC1. The van der Waals surface area contributed by atoms with Crippen LogP contribution in [-0.4, -0.2) is 30.1 Å². The third-order valence-corrected chi connectivity index (χ3v) is 5.56. The van der Waals surface area contributed by atoms with E-state index in [-0.39, 0.29) is 0 Å². The van der Waals surface area contributed by atoms with E-state index in [4.69, 9.17) is 5.73 Å². The van der Waals surface area contributed by atoms with Gasteiger partial charge in [0.05, 0.1) is 0 Å². The molecule has 3 heteroatoms. The average molecular weight is 242 g/mol. The Labute approximate surface area is 104 Å². The fraction of sp³-hybridized carbons (Fsp3) is 1.00. The summed E-state index contributed by atoms with van der Waals surface area (Å²) in [5.74, 6) is 0.748. The molecule has 0 saturated heterocycles. The summed E-state index contributed by atoms with van der Waals surface area (Å²) >= 11 is 2.05. The Morgan fingerprint density at radius 3 is 2.50 bits per heavy atom. The van der Waals surface area contributed by atoms with Gasteiger partial charge in [-0.1, -0.05) is 6.42 Å². The number of thioether (sulfide) groups is 1. The van der Waals surface area contributed by atoms with Gasteiger partial charge in [-0.15, -0.1) is 0 Å². The highest BCUT2D eigenvalue weighted by Crippen LogP contribution is 2.30. The van der Waals surface area contributed by atoms with Crippen LogP contribution in [0.1, 0.15) is 44.9 Å². The molecule has 94 valence electrons. The van der Waals surface area contributed by atoms with Crippen LogP contribution in [0.3, 0.4) is 0 Å².